The summed E-state index contributed by atoms with van der Waals surface area (Å²) >= 11 is 0. The number of hydrogen-bond donors (Lipinski definition) is 1. The predicted octanol–water partition coefficient (Wildman–Crippen LogP) is 4.19. The number of nitrogens with zero attached hydrogens (tertiary/aromatic N) is 1. The molecule has 3 rings (SSSR count). The van der Waals surface area contributed by atoms with Gasteiger partial charge in [0.25, 0.3) is 0 Å². The van der Waals surface area contributed by atoms with Crippen LogP contribution >= 0.6 is 0 Å². The van der Waals surface area contributed by atoms with Crippen LogP contribution in [0.4, 0.5) is 0 Å². The van der Waals surface area contributed by atoms with Crippen molar-refractivity contribution in [1.29, 1.82) is 0 Å². The van der Waals surface area contributed by atoms with E-state index in [1.165, 1.54) is 48.1 Å². The molecule has 0 radical (unpaired) electrons. The lowest BCUT2D eigenvalue weighted by molar-refractivity contribution is 0.152. The molecular weight excluding hydrogens is 268 g/mol. The molecule has 1 fully saturated rings. The zero-order valence-corrected chi connectivity index (χ0v) is 13.5. The van der Waals surface area contributed by atoms with Crippen LogP contribution in [-0.2, 0) is 13.1 Å². The van der Waals surface area contributed by atoms with Crippen LogP contribution < -0.4 is 5.73 Å². The normalized spacial score (nSPS) is 19.3. The summed E-state index contributed by atoms with van der Waals surface area (Å²) in [6.45, 7) is 5.24. The molecule has 2 aromatic rings. The van der Waals surface area contributed by atoms with Crippen molar-refractivity contribution in [3.05, 3.63) is 59.7 Å². The summed E-state index contributed by atoms with van der Waals surface area (Å²) in [7, 11) is 0. The van der Waals surface area contributed by atoms with Crippen molar-refractivity contribution < 1.29 is 0 Å². The molecule has 1 atom stereocenters. The average Bonchev–Trinajstić information content (AvgIpc) is 2.58. The first kappa shape index (κ1) is 15.3. The van der Waals surface area contributed by atoms with Gasteiger partial charge >= 0.3 is 0 Å². The Bertz CT molecular complexity index is 603. The molecule has 0 bridgehead atoms. The van der Waals surface area contributed by atoms with E-state index in [1.807, 2.05) is 0 Å². The third kappa shape index (κ3) is 3.40. The van der Waals surface area contributed by atoms with Gasteiger partial charge in [0, 0.05) is 19.1 Å². The molecule has 0 saturated carbocycles. The Kier molecular flexibility index (Phi) is 4.91. The van der Waals surface area contributed by atoms with E-state index in [2.05, 4.69) is 60.4 Å². The lowest BCUT2D eigenvalue weighted by Crippen LogP contribution is -2.36. The second-order valence-corrected chi connectivity index (χ2v) is 6.37. The summed E-state index contributed by atoms with van der Waals surface area (Å²) in [6.07, 6.45) is 4.06. The molecule has 22 heavy (non-hydrogen) atoms. The molecular formula is C20H26N2. The van der Waals surface area contributed by atoms with Crippen molar-refractivity contribution in [1.82, 2.24) is 4.90 Å². The fraction of sp³-hybridized carbons (Fsp3) is 0.400. The van der Waals surface area contributed by atoms with Crippen molar-refractivity contribution in [2.24, 2.45) is 5.73 Å². The van der Waals surface area contributed by atoms with Crippen LogP contribution in [0, 0.1) is 0 Å². The largest absolute Gasteiger partial charge is 0.326 e. The summed E-state index contributed by atoms with van der Waals surface area (Å²) in [5, 5.41) is 0. The van der Waals surface area contributed by atoms with E-state index < -0.39 is 0 Å². The van der Waals surface area contributed by atoms with Gasteiger partial charge in [-0.05, 0) is 48.6 Å². The summed E-state index contributed by atoms with van der Waals surface area (Å²) in [5.74, 6) is 0. The van der Waals surface area contributed by atoms with E-state index in [-0.39, 0.29) is 0 Å². The smallest absolute Gasteiger partial charge is 0.0236 e. The molecule has 2 aromatic carbocycles. The number of benzene rings is 2. The van der Waals surface area contributed by atoms with Gasteiger partial charge < -0.3 is 5.73 Å². The highest BCUT2D eigenvalue weighted by molar-refractivity contribution is 5.67. The average molecular weight is 294 g/mol. The van der Waals surface area contributed by atoms with Gasteiger partial charge in [0.05, 0.1) is 0 Å². The first-order chi connectivity index (χ1) is 10.8. The molecule has 0 aliphatic carbocycles. The predicted molar refractivity (Wildman–Crippen MR) is 93.5 cm³/mol. The van der Waals surface area contributed by atoms with Gasteiger partial charge in [0.15, 0.2) is 0 Å². The van der Waals surface area contributed by atoms with Gasteiger partial charge in [-0.3, -0.25) is 4.90 Å². The second kappa shape index (κ2) is 7.08. The lowest BCUT2D eigenvalue weighted by atomic mass is 9.98. The lowest BCUT2D eigenvalue weighted by Gasteiger charge is -2.33. The molecule has 1 saturated heterocycles. The third-order valence-corrected chi connectivity index (χ3v) is 4.83. The Morgan fingerprint density at radius 3 is 2.55 bits per heavy atom. The van der Waals surface area contributed by atoms with Gasteiger partial charge in [-0.1, -0.05) is 55.0 Å². The van der Waals surface area contributed by atoms with Crippen molar-refractivity contribution in [3.63, 3.8) is 0 Å². The maximum atomic E-state index is 5.85. The maximum Gasteiger partial charge on any atom is 0.0236 e. The summed E-state index contributed by atoms with van der Waals surface area (Å²) < 4.78 is 0. The monoisotopic (exact) mass is 294 g/mol. The SMILES string of the molecule is CC1CCCCN1Cc1ccc(-c2ccccc2CN)cc1. The van der Waals surface area contributed by atoms with E-state index in [4.69, 9.17) is 5.73 Å². The minimum Gasteiger partial charge on any atom is -0.326 e. The molecule has 2 nitrogen and oxygen atoms in total. The van der Waals surface area contributed by atoms with E-state index in [0.717, 1.165) is 6.54 Å². The maximum absolute atomic E-state index is 5.85. The highest BCUT2D eigenvalue weighted by Crippen LogP contribution is 2.25. The van der Waals surface area contributed by atoms with E-state index in [1.54, 1.807) is 0 Å². The van der Waals surface area contributed by atoms with Crippen molar-refractivity contribution in [2.75, 3.05) is 6.54 Å². The van der Waals surface area contributed by atoms with Gasteiger partial charge in [-0.25, -0.2) is 0 Å². The van der Waals surface area contributed by atoms with Crippen molar-refractivity contribution in [2.45, 2.75) is 45.3 Å². The van der Waals surface area contributed by atoms with Crippen LogP contribution in [-0.4, -0.2) is 17.5 Å². The van der Waals surface area contributed by atoms with Gasteiger partial charge in [-0.2, -0.15) is 0 Å². The first-order valence-corrected chi connectivity index (χ1v) is 8.39. The molecule has 1 unspecified atom stereocenters. The Morgan fingerprint density at radius 1 is 1.05 bits per heavy atom. The van der Waals surface area contributed by atoms with Crippen molar-refractivity contribution >= 4 is 0 Å². The minimum absolute atomic E-state index is 0.587. The van der Waals surface area contributed by atoms with Gasteiger partial charge in [-0.15, -0.1) is 0 Å². The van der Waals surface area contributed by atoms with Gasteiger partial charge in [0.1, 0.15) is 0 Å². The van der Waals surface area contributed by atoms with E-state index in [9.17, 15) is 0 Å². The summed E-state index contributed by atoms with van der Waals surface area (Å²) in [5.41, 5.74) is 11.0. The van der Waals surface area contributed by atoms with E-state index >= 15 is 0 Å². The van der Waals surface area contributed by atoms with Crippen LogP contribution in [0.5, 0.6) is 0 Å². The molecule has 0 spiro atoms. The number of hydrogen-bond acceptors (Lipinski definition) is 2. The van der Waals surface area contributed by atoms with Crippen LogP contribution in [0.1, 0.15) is 37.3 Å². The Labute approximate surface area is 134 Å². The Hall–Kier alpha value is -1.64. The van der Waals surface area contributed by atoms with Crippen molar-refractivity contribution in [3.8, 4) is 11.1 Å². The summed E-state index contributed by atoms with van der Waals surface area (Å²) in [6, 6.07) is 18.1. The van der Waals surface area contributed by atoms with Crippen LogP contribution in [0.3, 0.4) is 0 Å². The highest BCUT2D eigenvalue weighted by atomic mass is 15.2. The molecule has 0 aromatic heterocycles. The molecule has 1 heterocycles. The molecule has 1 aliphatic heterocycles. The van der Waals surface area contributed by atoms with E-state index in [0.29, 0.717) is 12.6 Å². The topological polar surface area (TPSA) is 29.3 Å². The van der Waals surface area contributed by atoms with Crippen LogP contribution in [0.15, 0.2) is 48.5 Å². The molecule has 116 valence electrons. The second-order valence-electron chi connectivity index (χ2n) is 6.37. The third-order valence-electron chi connectivity index (χ3n) is 4.83. The minimum atomic E-state index is 0.587. The number of nitrogens with two attached hydrogens (primary N) is 1. The number of rotatable bonds is 4. The fourth-order valence-corrected chi connectivity index (χ4v) is 3.40. The number of piperidine rings is 1. The summed E-state index contributed by atoms with van der Waals surface area (Å²) in [4.78, 5) is 2.60. The molecule has 2 heteroatoms. The highest BCUT2D eigenvalue weighted by Gasteiger charge is 2.18. The fourth-order valence-electron chi connectivity index (χ4n) is 3.40. The van der Waals surface area contributed by atoms with Gasteiger partial charge in [0.2, 0.25) is 0 Å². The standard InChI is InChI=1S/C20H26N2/c1-16-6-4-5-13-22(16)15-17-9-11-18(12-10-17)20-8-3-2-7-19(20)14-21/h2-3,7-12,16H,4-6,13-15,21H2,1H3. The Morgan fingerprint density at radius 2 is 1.82 bits per heavy atom. The van der Waals surface area contributed by atoms with Crippen LogP contribution in [0.25, 0.3) is 11.1 Å². The number of likely N-dealkylation sites (tertiary alicyclic amines) is 1. The zero-order valence-electron chi connectivity index (χ0n) is 13.5. The molecule has 0 amide bonds. The van der Waals surface area contributed by atoms with Crippen LogP contribution in [0.2, 0.25) is 0 Å². The molecule has 1 aliphatic rings. The molecule has 2 N–H and O–H groups in total. The first-order valence-electron chi connectivity index (χ1n) is 8.39. The Balaban J connectivity index is 1.75. The zero-order chi connectivity index (χ0) is 15.4. The quantitative estimate of drug-likeness (QED) is 0.916.